The van der Waals surface area contributed by atoms with E-state index in [-0.39, 0.29) is 24.0 Å². The van der Waals surface area contributed by atoms with Crippen molar-refractivity contribution in [2.45, 2.75) is 51.6 Å². The van der Waals surface area contributed by atoms with Gasteiger partial charge in [-0.3, -0.25) is 4.99 Å². The van der Waals surface area contributed by atoms with Crippen LogP contribution in [0.25, 0.3) is 0 Å². The Morgan fingerprint density at radius 3 is 2.41 bits per heavy atom. The van der Waals surface area contributed by atoms with Gasteiger partial charge in [-0.1, -0.05) is 19.1 Å². The fraction of sp³-hybridized carbons (Fsp3) is 0.667. The van der Waals surface area contributed by atoms with Gasteiger partial charge in [-0.2, -0.15) is 0 Å². The van der Waals surface area contributed by atoms with Gasteiger partial charge in [-0.15, -0.1) is 24.0 Å². The van der Waals surface area contributed by atoms with Crippen molar-refractivity contribution in [2.24, 2.45) is 10.9 Å². The standard InChI is InChI=1S/C21H36N4O.HI/c1-17-6-10-19(11-7-17)24-21(22-2)23-16-18-8-12-20(13-9-18)26-15-5-14-25(3)4;/h8-9,12-13,17,19H,5-7,10-11,14-16H2,1-4H3,(H2,22,23,24);1H. The molecule has 154 valence electrons. The van der Waals surface area contributed by atoms with E-state index in [1.54, 1.807) is 0 Å². The monoisotopic (exact) mass is 488 g/mol. The van der Waals surface area contributed by atoms with Crippen molar-refractivity contribution >= 4 is 29.9 Å². The molecule has 1 saturated carbocycles. The first-order valence-electron chi connectivity index (χ1n) is 9.90. The molecule has 1 aliphatic carbocycles. The number of hydrogen-bond acceptors (Lipinski definition) is 3. The summed E-state index contributed by atoms with van der Waals surface area (Å²) in [5, 5.41) is 6.98. The van der Waals surface area contributed by atoms with Gasteiger partial charge in [-0.25, -0.2) is 0 Å². The molecular formula is C21H37IN4O. The highest BCUT2D eigenvalue weighted by Crippen LogP contribution is 2.23. The summed E-state index contributed by atoms with van der Waals surface area (Å²) in [6.07, 6.45) is 6.14. The second-order valence-corrected chi connectivity index (χ2v) is 7.68. The van der Waals surface area contributed by atoms with Crippen molar-refractivity contribution in [1.82, 2.24) is 15.5 Å². The largest absolute Gasteiger partial charge is 0.494 e. The normalized spacial score (nSPS) is 20.1. The number of guanidine groups is 1. The zero-order valence-corrected chi connectivity index (χ0v) is 19.7. The summed E-state index contributed by atoms with van der Waals surface area (Å²) >= 11 is 0. The summed E-state index contributed by atoms with van der Waals surface area (Å²) in [7, 11) is 6.00. The molecule has 2 rings (SSSR count). The third-order valence-electron chi connectivity index (χ3n) is 4.98. The lowest BCUT2D eigenvalue weighted by Crippen LogP contribution is -2.44. The lowest BCUT2D eigenvalue weighted by Gasteiger charge is -2.28. The number of rotatable bonds is 8. The van der Waals surface area contributed by atoms with Gasteiger partial charge in [0.1, 0.15) is 5.75 Å². The van der Waals surface area contributed by atoms with Gasteiger partial charge in [0.15, 0.2) is 5.96 Å². The molecule has 1 aromatic carbocycles. The minimum atomic E-state index is 0. The smallest absolute Gasteiger partial charge is 0.191 e. The molecule has 0 atom stereocenters. The zero-order chi connectivity index (χ0) is 18.8. The number of aliphatic imine (C=N–C) groups is 1. The average molecular weight is 488 g/mol. The fourth-order valence-corrected chi connectivity index (χ4v) is 3.25. The van der Waals surface area contributed by atoms with Crippen molar-refractivity contribution in [1.29, 1.82) is 0 Å². The van der Waals surface area contributed by atoms with E-state index < -0.39 is 0 Å². The van der Waals surface area contributed by atoms with Crippen LogP contribution < -0.4 is 15.4 Å². The molecule has 0 heterocycles. The van der Waals surface area contributed by atoms with Crippen LogP contribution in [0.3, 0.4) is 0 Å². The molecular weight excluding hydrogens is 451 g/mol. The summed E-state index contributed by atoms with van der Waals surface area (Å²) in [6.45, 7) is 4.92. The second-order valence-electron chi connectivity index (χ2n) is 7.68. The summed E-state index contributed by atoms with van der Waals surface area (Å²) < 4.78 is 5.78. The topological polar surface area (TPSA) is 48.9 Å². The third kappa shape index (κ3) is 9.65. The van der Waals surface area contributed by atoms with Crippen LogP contribution in [0.5, 0.6) is 5.75 Å². The van der Waals surface area contributed by atoms with E-state index in [1.165, 1.54) is 31.2 Å². The number of nitrogens with zero attached hydrogens (tertiary/aromatic N) is 2. The Balaban J connectivity index is 0.00000364. The van der Waals surface area contributed by atoms with Gasteiger partial charge >= 0.3 is 0 Å². The van der Waals surface area contributed by atoms with Crippen molar-refractivity contribution in [3.8, 4) is 5.75 Å². The lowest BCUT2D eigenvalue weighted by atomic mass is 9.87. The Bertz CT molecular complexity index is 540. The maximum Gasteiger partial charge on any atom is 0.191 e. The van der Waals surface area contributed by atoms with Gasteiger partial charge in [0, 0.05) is 26.2 Å². The van der Waals surface area contributed by atoms with Crippen LogP contribution in [0.4, 0.5) is 0 Å². The van der Waals surface area contributed by atoms with E-state index in [1.807, 2.05) is 19.2 Å². The van der Waals surface area contributed by atoms with Gasteiger partial charge in [0.2, 0.25) is 0 Å². The molecule has 0 radical (unpaired) electrons. The van der Waals surface area contributed by atoms with Crippen molar-refractivity contribution < 1.29 is 4.74 Å². The SMILES string of the molecule is CN=C(NCc1ccc(OCCCN(C)C)cc1)NC1CCC(C)CC1.I. The first-order chi connectivity index (χ1) is 12.6. The molecule has 0 unspecified atom stereocenters. The quantitative estimate of drug-likeness (QED) is 0.253. The maximum absolute atomic E-state index is 5.78. The Morgan fingerprint density at radius 1 is 1.15 bits per heavy atom. The molecule has 1 fully saturated rings. The number of ether oxygens (including phenoxy) is 1. The van der Waals surface area contributed by atoms with Crippen LogP contribution >= 0.6 is 24.0 Å². The lowest BCUT2D eigenvalue weighted by molar-refractivity contribution is 0.281. The van der Waals surface area contributed by atoms with Crippen LogP contribution in [0, 0.1) is 5.92 Å². The molecule has 0 bridgehead atoms. The summed E-state index contributed by atoms with van der Waals surface area (Å²) in [4.78, 5) is 6.54. The van der Waals surface area contributed by atoms with E-state index in [9.17, 15) is 0 Å². The van der Waals surface area contributed by atoms with Gasteiger partial charge in [0.25, 0.3) is 0 Å². The number of benzene rings is 1. The Hall–Kier alpha value is -1.02. The van der Waals surface area contributed by atoms with Crippen LogP contribution in [-0.4, -0.2) is 51.2 Å². The van der Waals surface area contributed by atoms with Crippen LogP contribution in [0.1, 0.15) is 44.6 Å². The predicted octanol–water partition coefficient (Wildman–Crippen LogP) is 3.88. The molecule has 1 aliphatic rings. The molecule has 0 amide bonds. The molecule has 0 aliphatic heterocycles. The second kappa shape index (κ2) is 13.2. The van der Waals surface area contributed by atoms with E-state index >= 15 is 0 Å². The first kappa shape index (κ1) is 24.0. The van der Waals surface area contributed by atoms with Crippen LogP contribution in [-0.2, 0) is 6.54 Å². The van der Waals surface area contributed by atoms with Crippen LogP contribution in [0.2, 0.25) is 0 Å². The van der Waals surface area contributed by atoms with Crippen molar-refractivity contribution in [3.63, 3.8) is 0 Å². The van der Waals surface area contributed by atoms with E-state index in [4.69, 9.17) is 4.74 Å². The molecule has 5 nitrogen and oxygen atoms in total. The molecule has 0 spiro atoms. The highest BCUT2D eigenvalue weighted by Gasteiger charge is 2.18. The molecule has 27 heavy (non-hydrogen) atoms. The Labute approximate surface area is 182 Å². The number of halogens is 1. The van der Waals surface area contributed by atoms with E-state index in [2.05, 4.69) is 53.7 Å². The summed E-state index contributed by atoms with van der Waals surface area (Å²) in [5.41, 5.74) is 1.23. The third-order valence-corrected chi connectivity index (χ3v) is 4.98. The number of nitrogens with one attached hydrogen (secondary N) is 2. The Kier molecular flexibility index (Phi) is 11.7. The van der Waals surface area contributed by atoms with Gasteiger partial charge in [0.05, 0.1) is 6.61 Å². The molecule has 0 aromatic heterocycles. The number of hydrogen-bond donors (Lipinski definition) is 2. The molecule has 0 saturated heterocycles. The first-order valence-corrected chi connectivity index (χ1v) is 9.90. The molecule has 6 heteroatoms. The summed E-state index contributed by atoms with van der Waals surface area (Å²) in [6, 6.07) is 8.88. The van der Waals surface area contributed by atoms with Gasteiger partial charge < -0.3 is 20.3 Å². The van der Waals surface area contributed by atoms with Crippen molar-refractivity contribution in [3.05, 3.63) is 29.8 Å². The maximum atomic E-state index is 5.78. The molecule has 1 aromatic rings. The van der Waals surface area contributed by atoms with Crippen molar-refractivity contribution in [2.75, 3.05) is 34.3 Å². The zero-order valence-electron chi connectivity index (χ0n) is 17.3. The fourth-order valence-electron chi connectivity index (χ4n) is 3.25. The minimum Gasteiger partial charge on any atom is -0.494 e. The average Bonchev–Trinajstić information content (AvgIpc) is 2.64. The Morgan fingerprint density at radius 2 is 1.81 bits per heavy atom. The van der Waals surface area contributed by atoms with E-state index in [0.29, 0.717) is 6.04 Å². The van der Waals surface area contributed by atoms with Gasteiger partial charge in [-0.05, 0) is 69.8 Å². The minimum absolute atomic E-state index is 0. The van der Waals surface area contributed by atoms with E-state index in [0.717, 1.165) is 43.7 Å². The highest BCUT2D eigenvalue weighted by atomic mass is 127. The molecule has 2 N–H and O–H groups in total. The summed E-state index contributed by atoms with van der Waals surface area (Å²) in [5.74, 6) is 2.70. The predicted molar refractivity (Wildman–Crippen MR) is 125 cm³/mol. The highest BCUT2D eigenvalue weighted by molar-refractivity contribution is 14.0. The van der Waals surface area contributed by atoms with Crippen LogP contribution in [0.15, 0.2) is 29.3 Å².